The van der Waals surface area contributed by atoms with E-state index in [0.29, 0.717) is 34.4 Å². The summed E-state index contributed by atoms with van der Waals surface area (Å²) < 4.78 is 1.53. The van der Waals surface area contributed by atoms with Crippen LogP contribution in [0.15, 0.2) is 24.4 Å². The number of benzene rings is 1. The number of ketones is 1. The topological polar surface area (TPSA) is 73.8 Å². The number of aromatic nitrogens is 3. The summed E-state index contributed by atoms with van der Waals surface area (Å²) in [4.78, 5) is 12.0. The Balaban J connectivity index is 2.13. The second kappa shape index (κ2) is 6.14. The lowest BCUT2D eigenvalue weighted by Gasteiger charge is -2.02. The zero-order chi connectivity index (χ0) is 13.8. The first-order valence-electron chi connectivity index (χ1n) is 5.67. The summed E-state index contributed by atoms with van der Waals surface area (Å²) in [5, 5.41) is 8.68. The highest BCUT2D eigenvalue weighted by Crippen LogP contribution is 2.21. The lowest BCUT2D eigenvalue weighted by Crippen LogP contribution is -2.10. The van der Waals surface area contributed by atoms with Crippen molar-refractivity contribution in [3.63, 3.8) is 0 Å². The van der Waals surface area contributed by atoms with Crippen LogP contribution in [0.5, 0.6) is 0 Å². The molecule has 2 aromatic rings. The number of carbonyl (C=O) groups excluding carboxylic acids is 1. The molecule has 0 amide bonds. The summed E-state index contributed by atoms with van der Waals surface area (Å²) in [6.45, 7) is 0.968. The summed E-state index contributed by atoms with van der Waals surface area (Å²) in [6, 6.07) is 5.01. The maximum absolute atomic E-state index is 12.0. The Morgan fingerprint density at radius 2 is 2.16 bits per heavy atom. The Bertz CT molecular complexity index is 597. The van der Waals surface area contributed by atoms with Gasteiger partial charge in [-0.25, -0.2) is 0 Å². The van der Waals surface area contributed by atoms with E-state index in [1.807, 2.05) is 0 Å². The maximum atomic E-state index is 12.0. The van der Waals surface area contributed by atoms with Crippen molar-refractivity contribution in [1.29, 1.82) is 0 Å². The molecule has 1 aromatic heterocycles. The Labute approximate surface area is 120 Å². The molecule has 0 saturated carbocycles. The Morgan fingerprint density at radius 3 is 2.89 bits per heavy atom. The van der Waals surface area contributed by atoms with Gasteiger partial charge in [-0.15, -0.1) is 5.10 Å². The fourth-order valence-electron chi connectivity index (χ4n) is 1.61. The van der Waals surface area contributed by atoms with Crippen molar-refractivity contribution in [2.45, 2.75) is 13.0 Å². The number of Topliss-reactive ketones (excluding diaryl/α,β-unsaturated/α-hetero) is 1. The van der Waals surface area contributed by atoms with Crippen LogP contribution in [0.2, 0.25) is 10.0 Å². The average Bonchev–Trinajstić information content (AvgIpc) is 2.83. The minimum atomic E-state index is -0.160. The molecule has 2 rings (SSSR count). The Morgan fingerprint density at radius 1 is 1.37 bits per heavy atom. The molecule has 7 heteroatoms. The highest BCUT2D eigenvalue weighted by molar-refractivity contribution is 6.33. The largest absolute Gasteiger partial charge is 0.329 e. The Hall–Kier alpha value is -1.43. The van der Waals surface area contributed by atoms with Gasteiger partial charge in [0.1, 0.15) is 5.69 Å². The van der Waals surface area contributed by atoms with E-state index >= 15 is 0 Å². The summed E-state index contributed by atoms with van der Waals surface area (Å²) in [5.74, 6) is -0.160. The van der Waals surface area contributed by atoms with Crippen LogP contribution in [0.3, 0.4) is 0 Å². The molecule has 5 nitrogen and oxygen atoms in total. The van der Waals surface area contributed by atoms with Crippen LogP contribution in [-0.4, -0.2) is 27.3 Å². The monoisotopic (exact) mass is 298 g/mol. The van der Waals surface area contributed by atoms with Crippen LogP contribution in [0.4, 0.5) is 0 Å². The third-order valence-electron chi connectivity index (χ3n) is 2.54. The molecule has 2 N–H and O–H groups in total. The van der Waals surface area contributed by atoms with Crippen molar-refractivity contribution < 1.29 is 4.79 Å². The zero-order valence-electron chi connectivity index (χ0n) is 10.0. The molecule has 0 spiro atoms. The molecule has 1 heterocycles. The smallest absolute Gasteiger partial charge is 0.189 e. The minimum Gasteiger partial charge on any atom is -0.329 e. The van der Waals surface area contributed by atoms with E-state index in [-0.39, 0.29) is 12.2 Å². The van der Waals surface area contributed by atoms with Gasteiger partial charge in [-0.1, -0.05) is 28.4 Å². The SMILES string of the molecule is NCCn1cc(C(=O)Cc2cc(Cl)ccc2Cl)nn1. The number of halogens is 2. The van der Waals surface area contributed by atoms with Gasteiger partial charge in [0.2, 0.25) is 0 Å². The van der Waals surface area contributed by atoms with E-state index < -0.39 is 0 Å². The van der Waals surface area contributed by atoms with Crippen LogP contribution < -0.4 is 5.73 Å². The molecule has 0 atom stereocenters. The molecule has 0 aliphatic carbocycles. The lowest BCUT2D eigenvalue weighted by atomic mass is 10.1. The Kier molecular flexibility index (Phi) is 4.52. The van der Waals surface area contributed by atoms with E-state index in [2.05, 4.69) is 10.3 Å². The van der Waals surface area contributed by atoms with E-state index in [9.17, 15) is 4.79 Å². The van der Waals surface area contributed by atoms with Gasteiger partial charge in [0.15, 0.2) is 5.78 Å². The number of nitrogens with two attached hydrogens (primary N) is 1. The number of carbonyl (C=O) groups is 1. The predicted molar refractivity (Wildman–Crippen MR) is 73.6 cm³/mol. The first-order chi connectivity index (χ1) is 9.10. The van der Waals surface area contributed by atoms with Crippen LogP contribution in [0.1, 0.15) is 16.1 Å². The van der Waals surface area contributed by atoms with Gasteiger partial charge in [-0.05, 0) is 23.8 Å². The van der Waals surface area contributed by atoms with Crippen LogP contribution in [0.25, 0.3) is 0 Å². The molecule has 100 valence electrons. The highest BCUT2D eigenvalue weighted by Gasteiger charge is 2.13. The van der Waals surface area contributed by atoms with Crippen molar-refractivity contribution in [3.05, 3.63) is 45.7 Å². The third kappa shape index (κ3) is 3.53. The van der Waals surface area contributed by atoms with Gasteiger partial charge in [0.25, 0.3) is 0 Å². The summed E-state index contributed by atoms with van der Waals surface area (Å²) in [5.41, 5.74) is 6.37. The number of hydrogen-bond acceptors (Lipinski definition) is 4. The first kappa shape index (κ1) is 14.0. The molecule has 19 heavy (non-hydrogen) atoms. The molecule has 0 saturated heterocycles. The predicted octanol–water partition coefficient (Wildman–Crippen LogP) is 1.97. The molecule has 0 bridgehead atoms. The molecular weight excluding hydrogens is 287 g/mol. The van der Waals surface area contributed by atoms with Gasteiger partial charge in [0.05, 0.1) is 12.7 Å². The van der Waals surface area contributed by atoms with Crippen molar-refractivity contribution >= 4 is 29.0 Å². The first-order valence-corrected chi connectivity index (χ1v) is 6.43. The molecule has 0 unspecified atom stereocenters. The van der Waals surface area contributed by atoms with Crippen molar-refractivity contribution in [2.24, 2.45) is 5.73 Å². The second-order valence-electron chi connectivity index (χ2n) is 3.99. The summed E-state index contributed by atoms with van der Waals surface area (Å²) in [7, 11) is 0. The minimum absolute atomic E-state index is 0.140. The van der Waals surface area contributed by atoms with E-state index in [1.54, 1.807) is 24.4 Å². The van der Waals surface area contributed by atoms with Gasteiger partial charge < -0.3 is 5.73 Å². The molecule has 0 aliphatic rings. The average molecular weight is 299 g/mol. The maximum Gasteiger partial charge on any atom is 0.189 e. The van der Waals surface area contributed by atoms with Gasteiger partial charge >= 0.3 is 0 Å². The second-order valence-corrected chi connectivity index (χ2v) is 4.83. The molecule has 0 fully saturated rings. The van der Waals surface area contributed by atoms with Gasteiger partial charge in [0, 0.05) is 23.0 Å². The molecular formula is C12H12Cl2N4O. The van der Waals surface area contributed by atoms with Crippen LogP contribution in [-0.2, 0) is 13.0 Å². The third-order valence-corrected chi connectivity index (χ3v) is 3.15. The summed E-state index contributed by atoms with van der Waals surface area (Å²) in [6.07, 6.45) is 1.72. The molecule has 0 radical (unpaired) electrons. The van der Waals surface area contributed by atoms with Crippen LogP contribution >= 0.6 is 23.2 Å². The molecule has 1 aromatic carbocycles. The lowest BCUT2D eigenvalue weighted by molar-refractivity contribution is 0.0988. The fraction of sp³-hybridized carbons (Fsp3) is 0.250. The number of hydrogen-bond donors (Lipinski definition) is 1. The fourth-order valence-corrected chi connectivity index (χ4v) is 1.99. The number of nitrogens with zero attached hydrogens (tertiary/aromatic N) is 3. The van der Waals surface area contributed by atoms with Gasteiger partial charge in [-0.2, -0.15) is 0 Å². The van der Waals surface area contributed by atoms with Gasteiger partial charge in [-0.3, -0.25) is 9.48 Å². The standard InChI is InChI=1S/C12H12Cl2N4O/c13-9-1-2-10(14)8(5-9)6-12(19)11-7-18(4-3-15)17-16-11/h1-2,5,7H,3-4,6,15H2. The normalized spacial score (nSPS) is 10.7. The van der Waals surface area contributed by atoms with Crippen molar-refractivity contribution in [1.82, 2.24) is 15.0 Å². The van der Waals surface area contributed by atoms with E-state index in [0.717, 1.165) is 0 Å². The highest BCUT2D eigenvalue weighted by atomic mass is 35.5. The zero-order valence-corrected chi connectivity index (χ0v) is 11.5. The van der Waals surface area contributed by atoms with Crippen LogP contribution in [0, 0.1) is 0 Å². The van der Waals surface area contributed by atoms with E-state index in [1.165, 1.54) is 4.68 Å². The molecule has 0 aliphatic heterocycles. The van der Waals surface area contributed by atoms with Crippen molar-refractivity contribution in [3.8, 4) is 0 Å². The summed E-state index contributed by atoms with van der Waals surface area (Å²) >= 11 is 11.9. The number of rotatable bonds is 5. The van der Waals surface area contributed by atoms with Crippen molar-refractivity contribution in [2.75, 3.05) is 6.54 Å². The quantitative estimate of drug-likeness (QED) is 0.857. The van der Waals surface area contributed by atoms with E-state index in [4.69, 9.17) is 28.9 Å².